The topological polar surface area (TPSA) is 24.9 Å². The molecule has 4 nitrogen and oxygen atoms in total. The summed E-state index contributed by atoms with van der Waals surface area (Å²) in [5.74, 6) is 0.0434. The van der Waals surface area contributed by atoms with E-state index in [1.807, 2.05) is 0 Å². The van der Waals surface area contributed by atoms with Gasteiger partial charge in [0, 0.05) is 40.3 Å². The summed E-state index contributed by atoms with van der Waals surface area (Å²) in [6.45, 7) is 0. The van der Waals surface area contributed by atoms with E-state index in [4.69, 9.17) is 33.9 Å². The van der Waals surface area contributed by atoms with Gasteiger partial charge in [0.25, 0.3) is 10.3 Å². The van der Waals surface area contributed by atoms with Crippen LogP contribution in [0.15, 0.2) is 45.3 Å². The fraction of sp³-hybridized carbons (Fsp3) is 0.222. The fourth-order valence-corrected chi connectivity index (χ4v) is 2.32. The first-order chi connectivity index (χ1) is 13.0. The van der Waals surface area contributed by atoms with Gasteiger partial charge >= 0.3 is 0 Å². The molecule has 10 heteroatoms. The highest BCUT2D eigenvalue weighted by Gasteiger charge is 2.08. The standard InChI is InChI=1S/2C9H9BrFNOS/c2*1-12(2)9(14)13-8-5-6(11)3-4-7(8)10/h2*3-5H,1-2H3. The van der Waals surface area contributed by atoms with Crippen molar-refractivity contribution in [3.8, 4) is 11.5 Å². The van der Waals surface area contributed by atoms with E-state index in [1.54, 1.807) is 50.1 Å². The molecule has 0 unspecified atom stereocenters. The van der Waals surface area contributed by atoms with Gasteiger partial charge in [-0.05, 0) is 80.6 Å². The molecule has 0 amide bonds. The maximum Gasteiger partial charge on any atom is 0.264 e. The molecule has 2 aromatic carbocycles. The Morgan fingerprint density at radius 2 is 1.07 bits per heavy atom. The molecule has 0 saturated carbocycles. The number of benzene rings is 2. The molecule has 0 N–H and O–H groups in total. The molecule has 0 radical (unpaired) electrons. The Bertz CT molecular complexity index is 783. The average molecular weight is 556 g/mol. The number of halogens is 4. The lowest BCUT2D eigenvalue weighted by molar-refractivity contribution is 0.444. The largest absolute Gasteiger partial charge is 0.430 e. The molecule has 0 spiro atoms. The van der Waals surface area contributed by atoms with E-state index < -0.39 is 0 Å². The molecule has 2 rings (SSSR count). The Kier molecular flexibility index (Phi) is 10.2. The summed E-state index contributed by atoms with van der Waals surface area (Å²) in [5.41, 5.74) is 0. The molecule has 0 aliphatic heterocycles. The van der Waals surface area contributed by atoms with Crippen LogP contribution in [0.2, 0.25) is 0 Å². The minimum Gasteiger partial charge on any atom is -0.430 e. The molecule has 0 heterocycles. The molecule has 0 aliphatic rings. The number of ether oxygens (including phenoxy) is 2. The minimum absolute atomic E-state index is 0.288. The smallest absolute Gasteiger partial charge is 0.264 e. The number of hydrogen-bond acceptors (Lipinski definition) is 4. The predicted octanol–water partition coefficient (Wildman–Crippen LogP) is 5.63. The lowest BCUT2D eigenvalue weighted by Gasteiger charge is -2.14. The van der Waals surface area contributed by atoms with Crippen molar-refractivity contribution in [2.45, 2.75) is 0 Å². The molecule has 0 bridgehead atoms. The summed E-state index contributed by atoms with van der Waals surface area (Å²) in [6.07, 6.45) is 0. The van der Waals surface area contributed by atoms with Gasteiger partial charge in [0.15, 0.2) is 0 Å². The zero-order valence-corrected chi connectivity index (χ0v) is 20.3. The lowest BCUT2D eigenvalue weighted by atomic mass is 10.3. The first kappa shape index (κ1) is 24.7. The average Bonchev–Trinajstić information content (AvgIpc) is 2.61. The van der Waals surface area contributed by atoms with Crippen molar-refractivity contribution >= 4 is 66.6 Å². The third-order valence-corrected chi connectivity index (χ3v) is 5.12. The Hall–Kier alpha value is -1.36. The van der Waals surface area contributed by atoms with Crippen molar-refractivity contribution in [2.24, 2.45) is 0 Å². The molecular weight excluding hydrogens is 538 g/mol. The predicted molar refractivity (Wildman–Crippen MR) is 122 cm³/mol. The van der Waals surface area contributed by atoms with Crippen LogP contribution in [0.4, 0.5) is 8.78 Å². The molecule has 0 aliphatic carbocycles. The number of rotatable bonds is 2. The van der Waals surface area contributed by atoms with E-state index >= 15 is 0 Å². The molecule has 28 heavy (non-hydrogen) atoms. The molecule has 0 saturated heterocycles. The zero-order chi connectivity index (χ0) is 21.4. The van der Waals surface area contributed by atoms with Gasteiger partial charge in [-0.2, -0.15) is 0 Å². The third-order valence-electron chi connectivity index (χ3n) is 2.91. The van der Waals surface area contributed by atoms with Gasteiger partial charge in [-0.15, -0.1) is 0 Å². The Balaban J connectivity index is 0.000000280. The molecule has 2 aromatic rings. The van der Waals surface area contributed by atoms with E-state index in [-0.39, 0.29) is 22.0 Å². The monoisotopic (exact) mass is 554 g/mol. The van der Waals surface area contributed by atoms with Gasteiger partial charge in [0.05, 0.1) is 8.95 Å². The summed E-state index contributed by atoms with van der Waals surface area (Å²) in [4.78, 5) is 3.26. The van der Waals surface area contributed by atoms with Gasteiger partial charge in [0.1, 0.15) is 23.1 Å². The van der Waals surface area contributed by atoms with Gasteiger partial charge in [0.2, 0.25) is 0 Å². The second-order valence-electron chi connectivity index (χ2n) is 5.67. The van der Waals surface area contributed by atoms with Crippen molar-refractivity contribution in [1.82, 2.24) is 9.80 Å². The van der Waals surface area contributed by atoms with Crippen molar-refractivity contribution in [3.63, 3.8) is 0 Å². The second-order valence-corrected chi connectivity index (χ2v) is 8.08. The van der Waals surface area contributed by atoms with Gasteiger partial charge in [-0.25, -0.2) is 8.78 Å². The van der Waals surface area contributed by atoms with Crippen LogP contribution in [0.1, 0.15) is 0 Å². The van der Waals surface area contributed by atoms with Crippen molar-refractivity contribution < 1.29 is 18.3 Å². The summed E-state index contributed by atoms with van der Waals surface area (Å²) in [6, 6.07) is 8.39. The van der Waals surface area contributed by atoms with E-state index in [1.165, 1.54) is 24.3 Å². The third kappa shape index (κ3) is 8.34. The molecule has 0 atom stereocenters. The number of hydrogen-bond donors (Lipinski definition) is 0. The second kappa shape index (κ2) is 11.6. The normalized spacial score (nSPS) is 9.71. The Morgan fingerprint density at radius 1 is 0.750 bits per heavy atom. The van der Waals surface area contributed by atoms with Crippen LogP contribution in [0.5, 0.6) is 11.5 Å². The highest BCUT2D eigenvalue weighted by atomic mass is 79.9. The molecule has 0 fully saturated rings. The van der Waals surface area contributed by atoms with Crippen LogP contribution < -0.4 is 9.47 Å². The maximum absolute atomic E-state index is 12.8. The van der Waals surface area contributed by atoms with Gasteiger partial charge in [-0.3, -0.25) is 0 Å². The first-order valence-electron chi connectivity index (χ1n) is 7.69. The summed E-state index contributed by atoms with van der Waals surface area (Å²) in [7, 11) is 7.04. The fourth-order valence-electron chi connectivity index (χ4n) is 1.48. The summed E-state index contributed by atoms with van der Waals surface area (Å²) in [5, 5.41) is 0.576. The Morgan fingerprint density at radius 3 is 1.36 bits per heavy atom. The van der Waals surface area contributed by atoms with Crippen LogP contribution >= 0.6 is 56.3 Å². The van der Waals surface area contributed by atoms with Crippen LogP contribution in [-0.2, 0) is 0 Å². The highest BCUT2D eigenvalue weighted by molar-refractivity contribution is 9.10. The van der Waals surface area contributed by atoms with Crippen molar-refractivity contribution in [2.75, 3.05) is 28.2 Å². The number of thiocarbonyl (C=S) groups is 2. The number of nitrogens with zero attached hydrogens (tertiary/aromatic N) is 2. The summed E-state index contributed by atoms with van der Waals surface area (Å²) >= 11 is 16.3. The van der Waals surface area contributed by atoms with Crippen LogP contribution in [0.3, 0.4) is 0 Å². The first-order valence-corrected chi connectivity index (χ1v) is 10.1. The van der Waals surface area contributed by atoms with Crippen molar-refractivity contribution in [3.05, 3.63) is 57.0 Å². The minimum atomic E-state index is -0.357. The van der Waals surface area contributed by atoms with Crippen LogP contribution in [0, 0.1) is 11.6 Å². The van der Waals surface area contributed by atoms with Gasteiger partial charge in [-0.1, -0.05) is 0 Å². The highest BCUT2D eigenvalue weighted by Crippen LogP contribution is 2.26. The maximum atomic E-state index is 12.8. The van der Waals surface area contributed by atoms with E-state index in [2.05, 4.69) is 31.9 Å². The lowest BCUT2D eigenvalue weighted by Crippen LogP contribution is -2.25. The van der Waals surface area contributed by atoms with Crippen LogP contribution in [-0.4, -0.2) is 48.3 Å². The zero-order valence-electron chi connectivity index (χ0n) is 15.5. The molecule has 152 valence electrons. The van der Waals surface area contributed by atoms with Crippen LogP contribution in [0.25, 0.3) is 0 Å². The summed E-state index contributed by atoms with van der Waals surface area (Å²) < 4.78 is 37.5. The quantitative estimate of drug-likeness (QED) is 0.446. The van der Waals surface area contributed by atoms with Crippen molar-refractivity contribution in [1.29, 1.82) is 0 Å². The van der Waals surface area contributed by atoms with E-state index in [0.29, 0.717) is 20.4 Å². The van der Waals surface area contributed by atoms with Gasteiger partial charge < -0.3 is 19.3 Å². The molecule has 0 aromatic heterocycles. The molecular formula is C18H18Br2F2N2O2S2. The van der Waals surface area contributed by atoms with E-state index in [9.17, 15) is 8.78 Å². The Labute approximate surface area is 190 Å². The van der Waals surface area contributed by atoms with E-state index in [0.717, 1.165) is 0 Å². The SMILES string of the molecule is CN(C)C(=S)Oc1cc(F)ccc1Br.CN(C)C(=S)Oc1cc(F)ccc1Br.